The molecule has 0 atom stereocenters. The van der Waals surface area contributed by atoms with E-state index in [4.69, 9.17) is 0 Å². The fourth-order valence-electron chi connectivity index (χ4n) is 2.24. The smallest absolute Gasteiger partial charge is 0.274 e. The Morgan fingerprint density at radius 3 is 2.54 bits per heavy atom. The first-order valence-corrected chi connectivity index (χ1v) is 8.00. The zero-order chi connectivity index (χ0) is 18.4. The van der Waals surface area contributed by atoms with Crippen molar-refractivity contribution in [1.29, 1.82) is 0 Å². The summed E-state index contributed by atoms with van der Waals surface area (Å²) in [5, 5.41) is 5.81. The molecule has 2 N–H and O–H groups in total. The quantitative estimate of drug-likeness (QED) is 0.666. The second-order valence-electron chi connectivity index (χ2n) is 5.57. The number of nitrogens with one attached hydrogen (secondary N) is 2. The topological polar surface area (TPSA) is 96.9 Å². The van der Waals surface area contributed by atoms with E-state index < -0.39 is 0 Å². The minimum atomic E-state index is -0.354. The van der Waals surface area contributed by atoms with E-state index in [2.05, 4.69) is 25.6 Å². The van der Waals surface area contributed by atoms with E-state index in [9.17, 15) is 9.59 Å². The highest BCUT2D eigenvalue weighted by atomic mass is 16.2. The standard InChI is InChI=1S/C19H17N5O2/c1-13(25)15-4-6-16(7-5-15)23-18(26)17-8-10-21-19(24-17)22-12-14-3-2-9-20-11-14/h2-11H,12H2,1H3,(H,23,26)(H,21,22,24). The van der Waals surface area contributed by atoms with E-state index in [-0.39, 0.29) is 17.4 Å². The number of carbonyl (C=O) groups excluding carboxylic acids is 2. The van der Waals surface area contributed by atoms with Gasteiger partial charge in [0.05, 0.1) is 0 Å². The van der Waals surface area contributed by atoms with Crippen LogP contribution >= 0.6 is 0 Å². The van der Waals surface area contributed by atoms with Gasteiger partial charge in [0.1, 0.15) is 5.69 Å². The van der Waals surface area contributed by atoms with Crippen molar-refractivity contribution in [2.45, 2.75) is 13.5 Å². The molecule has 0 radical (unpaired) electrons. The number of hydrogen-bond acceptors (Lipinski definition) is 6. The van der Waals surface area contributed by atoms with Gasteiger partial charge in [-0.3, -0.25) is 14.6 Å². The van der Waals surface area contributed by atoms with Crippen LogP contribution in [0.5, 0.6) is 0 Å². The molecule has 0 aliphatic heterocycles. The van der Waals surface area contributed by atoms with E-state index >= 15 is 0 Å². The van der Waals surface area contributed by atoms with Gasteiger partial charge in [0.15, 0.2) is 5.78 Å². The number of nitrogens with zero attached hydrogens (tertiary/aromatic N) is 3. The van der Waals surface area contributed by atoms with Crippen LogP contribution in [0.25, 0.3) is 0 Å². The Balaban J connectivity index is 1.65. The summed E-state index contributed by atoms with van der Waals surface area (Å²) in [4.78, 5) is 36.0. The van der Waals surface area contributed by atoms with Crippen LogP contribution < -0.4 is 10.6 Å². The lowest BCUT2D eigenvalue weighted by Gasteiger charge is -2.08. The minimum absolute atomic E-state index is 0.0250. The Hall–Kier alpha value is -3.61. The maximum atomic E-state index is 12.4. The highest BCUT2D eigenvalue weighted by Crippen LogP contribution is 2.12. The highest BCUT2D eigenvalue weighted by Gasteiger charge is 2.10. The number of pyridine rings is 1. The molecule has 0 aliphatic carbocycles. The fraction of sp³-hybridized carbons (Fsp3) is 0.105. The van der Waals surface area contributed by atoms with Crippen LogP contribution in [0.15, 0.2) is 61.1 Å². The van der Waals surface area contributed by atoms with E-state index in [1.165, 1.54) is 19.2 Å². The van der Waals surface area contributed by atoms with Crippen LogP contribution in [0.1, 0.15) is 33.3 Å². The van der Waals surface area contributed by atoms with Gasteiger partial charge < -0.3 is 10.6 Å². The zero-order valence-corrected chi connectivity index (χ0v) is 14.1. The molecule has 2 heterocycles. The van der Waals surface area contributed by atoms with Crippen molar-refractivity contribution >= 4 is 23.3 Å². The normalized spacial score (nSPS) is 10.2. The number of amides is 1. The number of ketones is 1. The average Bonchev–Trinajstić information content (AvgIpc) is 2.68. The van der Waals surface area contributed by atoms with Gasteiger partial charge in [0, 0.05) is 36.4 Å². The van der Waals surface area contributed by atoms with Crippen molar-refractivity contribution in [3.05, 3.63) is 77.9 Å². The Bertz CT molecular complexity index is 911. The summed E-state index contributed by atoms with van der Waals surface area (Å²) in [7, 11) is 0. The van der Waals surface area contributed by atoms with Crippen molar-refractivity contribution in [2.75, 3.05) is 10.6 Å². The Morgan fingerprint density at radius 2 is 1.85 bits per heavy atom. The molecule has 0 saturated carbocycles. The summed E-state index contributed by atoms with van der Waals surface area (Å²) < 4.78 is 0. The number of carbonyl (C=O) groups is 2. The number of aromatic nitrogens is 3. The summed E-state index contributed by atoms with van der Waals surface area (Å²) >= 11 is 0. The molecular weight excluding hydrogens is 330 g/mol. The third-order valence-corrected chi connectivity index (χ3v) is 3.61. The van der Waals surface area contributed by atoms with Crippen molar-refractivity contribution in [1.82, 2.24) is 15.0 Å². The van der Waals surface area contributed by atoms with Crippen LogP contribution in [0.4, 0.5) is 11.6 Å². The summed E-state index contributed by atoms with van der Waals surface area (Å²) in [5.41, 5.74) is 2.40. The van der Waals surface area contributed by atoms with Crippen molar-refractivity contribution in [2.24, 2.45) is 0 Å². The van der Waals surface area contributed by atoms with Crippen LogP contribution in [0.3, 0.4) is 0 Å². The lowest BCUT2D eigenvalue weighted by Crippen LogP contribution is -2.15. The van der Waals surface area contributed by atoms with Crippen LogP contribution in [0.2, 0.25) is 0 Å². The summed E-state index contributed by atoms with van der Waals surface area (Å²) in [6.07, 6.45) is 4.97. The number of benzene rings is 1. The van der Waals surface area contributed by atoms with Crippen molar-refractivity contribution in [3.8, 4) is 0 Å². The first kappa shape index (κ1) is 17.2. The molecule has 3 rings (SSSR count). The third-order valence-electron chi connectivity index (χ3n) is 3.61. The second kappa shape index (κ2) is 7.98. The van der Waals surface area contributed by atoms with Crippen molar-refractivity contribution in [3.63, 3.8) is 0 Å². The van der Waals surface area contributed by atoms with E-state index in [1.54, 1.807) is 36.7 Å². The molecule has 130 valence electrons. The molecule has 26 heavy (non-hydrogen) atoms. The maximum Gasteiger partial charge on any atom is 0.274 e. The number of anilines is 2. The van der Waals surface area contributed by atoms with Gasteiger partial charge in [-0.1, -0.05) is 6.07 Å². The number of rotatable bonds is 6. The number of Topliss-reactive ketones (excluding diaryl/α,β-unsaturated/α-hetero) is 1. The van der Waals surface area contributed by atoms with Gasteiger partial charge in [-0.25, -0.2) is 9.97 Å². The molecule has 2 aromatic heterocycles. The number of hydrogen-bond donors (Lipinski definition) is 2. The van der Waals surface area contributed by atoms with Gasteiger partial charge in [0.25, 0.3) is 5.91 Å². The van der Waals surface area contributed by atoms with Gasteiger partial charge in [-0.2, -0.15) is 0 Å². The Labute approximate surface area is 150 Å². The molecule has 0 unspecified atom stereocenters. The maximum absolute atomic E-state index is 12.4. The van der Waals surface area contributed by atoms with Crippen LogP contribution in [0, 0.1) is 0 Å². The van der Waals surface area contributed by atoms with E-state index in [0.29, 0.717) is 23.7 Å². The van der Waals surface area contributed by atoms with E-state index in [0.717, 1.165) is 5.56 Å². The molecular formula is C19H17N5O2. The molecule has 1 aromatic carbocycles. The van der Waals surface area contributed by atoms with Gasteiger partial charge in [0.2, 0.25) is 5.95 Å². The lowest BCUT2D eigenvalue weighted by molar-refractivity contribution is 0.101. The molecule has 3 aromatic rings. The zero-order valence-electron chi connectivity index (χ0n) is 14.1. The predicted molar refractivity (Wildman–Crippen MR) is 98.0 cm³/mol. The highest BCUT2D eigenvalue weighted by molar-refractivity contribution is 6.03. The second-order valence-corrected chi connectivity index (χ2v) is 5.57. The van der Waals surface area contributed by atoms with Crippen LogP contribution in [-0.4, -0.2) is 26.6 Å². The predicted octanol–water partition coefficient (Wildman–Crippen LogP) is 2.94. The van der Waals surface area contributed by atoms with Crippen molar-refractivity contribution < 1.29 is 9.59 Å². The van der Waals surface area contributed by atoms with Gasteiger partial charge >= 0.3 is 0 Å². The minimum Gasteiger partial charge on any atom is -0.350 e. The molecule has 7 nitrogen and oxygen atoms in total. The molecule has 1 amide bonds. The summed E-state index contributed by atoms with van der Waals surface area (Å²) in [6.45, 7) is 2.00. The fourth-order valence-corrected chi connectivity index (χ4v) is 2.24. The molecule has 7 heteroatoms. The molecule has 0 spiro atoms. The molecule has 0 fully saturated rings. The largest absolute Gasteiger partial charge is 0.350 e. The SMILES string of the molecule is CC(=O)c1ccc(NC(=O)c2ccnc(NCc3cccnc3)n2)cc1. The average molecular weight is 347 g/mol. The monoisotopic (exact) mass is 347 g/mol. The first-order chi connectivity index (χ1) is 12.6. The summed E-state index contributed by atoms with van der Waals surface area (Å²) in [6, 6.07) is 12.0. The van der Waals surface area contributed by atoms with E-state index in [1.807, 2.05) is 12.1 Å². The van der Waals surface area contributed by atoms with Gasteiger partial charge in [-0.05, 0) is 48.9 Å². The molecule has 0 bridgehead atoms. The Morgan fingerprint density at radius 1 is 1.04 bits per heavy atom. The summed E-state index contributed by atoms with van der Waals surface area (Å²) in [5.74, 6) is -0.0242. The molecule has 0 aliphatic rings. The first-order valence-electron chi connectivity index (χ1n) is 8.00. The van der Waals surface area contributed by atoms with Crippen LogP contribution in [-0.2, 0) is 6.54 Å². The lowest BCUT2D eigenvalue weighted by atomic mass is 10.1. The van der Waals surface area contributed by atoms with Gasteiger partial charge in [-0.15, -0.1) is 0 Å². The molecule has 0 saturated heterocycles. The Kier molecular flexibility index (Phi) is 5.28. The third kappa shape index (κ3) is 4.47.